The van der Waals surface area contributed by atoms with E-state index in [9.17, 15) is 13.2 Å². The van der Waals surface area contributed by atoms with Crippen LogP contribution in [0.5, 0.6) is 0 Å². The predicted molar refractivity (Wildman–Crippen MR) is 99.1 cm³/mol. The topological polar surface area (TPSA) is 85.4 Å². The minimum absolute atomic E-state index is 0.00869. The van der Waals surface area contributed by atoms with Crippen LogP contribution in [0.25, 0.3) is 10.9 Å². The minimum atomic E-state index is -4.02. The molecule has 0 radical (unpaired) electrons. The lowest BCUT2D eigenvalue weighted by molar-refractivity contribution is -0.133. The van der Waals surface area contributed by atoms with Gasteiger partial charge in [-0.25, -0.2) is 13.1 Å². The average molecular weight is 376 g/mol. The Hall–Kier alpha value is -1.99. The molecule has 0 saturated heterocycles. The van der Waals surface area contributed by atoms with E-state index >= 15 is 0 Å². The van der Waals surface area contributed by atoms with Crippen LogP contribution in [0.1, 0.15) is 45.4 Å². The number of hydrogen-bond donors (Lipinski definition) is 1. The number of nitrogens with zero attached hydrogens (tertiary/aromatic N) is 1. The van der Waals surface area contributed by atoms with Crippen LogP contribution in [-0.2, 0) is 19.6 Å². The molecule has 26 heavy (non-hydrogen) atoms. The monoisotopic (exact) mass is 376 g/mol. The number of nitrogens with one attached hydrogen (secondary N) is 1. The summed E-state index contributed by atoms with van der Waals surface area (Å²) in [5.41, 5.74) is 0.340. The summed E-state index contributed by atoms with van der Waals surface area (Å²) in [7, 11) is -4.02. The van der Waals surface area contributed by atoms with Crippen LogP contribution in [0.4, 0.5) is 0 Å². The molecule has 2 aromatic rings. The normalized spacial score (nSPS) is 17.6. The second-order valence-corrected chi connectivity index (χ2v) is 8.34. The van der Waals surface area contributed by atoms with E-state index in [1.54, 1.807) is 31.2 Å². The molecule has 140 valence electrons. The van der Waals surface area contributed by atoms with Crippen molar-refractivity contribution in [3.8, 4) is 0 Å². The first-order valence-corrected chi connectivity index (χ1v) is 10.5. The van der Waals surface area contributed by atoms with Gasteiger partial charge in [-0.3, -0.25) is 9.78 Å². The zero-order chi connectivity index (χ0) is 18.6. The summed E-state index contributed by atoms with van der Waals surface area (Å²) in [5, 5.41) is 0.700. The maximum Gasteiger partial charge on any atom is 0.266 e. The number of carbonyl (C=O) groups is 1. The maximum absolute atomic E-state index is 12.7. The molecule has 1 aromatic carbocycles. The molecule has 3 rings (SSSR count). The average Bonchev–Trinajstić information content (AvgIpc) is 2.89. The lowest BCUT2D eigenvalue weighted by atomic mass is 10.1. The van der Waals surface area contributed by atoms with Gasteiger partial charge in [0.25, 0.3) is 15.9 Å². The van der Waals surface area contributed by atoms with Gasteiger partial charge in [0.15, 0.2) is 0 Å². The summed E-state index contributed by atoms with van der Waals surface area (Å²) in [5.74, 6) is -0.651. The molecule has 1 aromatic heterocycles. The van der Waals surface area contributed by atoms with Crippen molar-refractivity contribution < 1.29 is 17.9 Å². The fourth-order valence-corrected chi connectivity index (χ4v) is 4.52. The van der Waals surface area contributed by atoms with Crippen molar-refractivity contribution in [2.75, 3.05) is 0 Å². The van der Waals surface area contributed by atoms with E-state index in [1.807, 2.05) is 0 Å². The fourth-order valence-electron chi connectivity index (χ4n) is 3.29. The van der Waals surface area contributed by atoms with Crippen LogP contribution in [-0.4, -0.2) is 31.5 Å². The molecular formula is C19H24N2O4S. The first-order valence-electron chi connectivity index (χ1n) is 9.03. The van der Waals surface area contributed by atoms with Gasteiger partial charge in [0.05, 0.1) is 11.6 Å². The van der Waals surface area contributed by atoms with Gasteiger partial charge < -0.3 is 4.74 Å². The van der Waals surface area contributed by atoms with E-state index in [2.05, 4.69) is 9.71 Å². The highest BCUT2D eigenvalue weighted by molar-refractivity contribution is 7.90. The van der Waals surface area contributed by atoms with Gasteiger partial charge in [0, 0.05) is 11.6 Å². The Morgan fingerprint density at radius 2 is 1.85 bits per heavy atom. The van der Waals surface area contributed by atoms with Crippen molar-refractivity contribution in [3.63, 3.8) is 0 Å². The zero-order valence-corrected chi connectivity index (χ0v) is 15.7. The number of hydrogen-bond acceptors (Lipinski definition) is 5. The molecule has 0 aliphatic heterocycles. The van der Waals surface area contributed by atoms with Crippen molar-refractivity contribution >= 4 is 26.8 Å². The van der Waals surface area contributed by atoms with Crippen molar-refractivity contribution in [3.05, 3.63) is 36.5 Å². The third kappa shape index (κ3) is 4.40. The number of carbonyl (C=O) groups excluding carboxylic acids is 1. The summed E-state index contributed by atoms with van der Waals surface area (Å²) in [4.78, 5) is 16.5. The zero-order valence-electron chi connectivity index (χ0n) is 14.8. The van der Waals surface area contributed by atoms with Crippen molar-refractivity contribution in [1.29, 1.82) is 0 Å². The Kier molecular flexibility index (Phi) is 5.88. The van der Waals surface area contributed by atoms with Crippen LogP contribution in [0, 0.1) is 0 Å². The van der Waals surface area contributed by atoms with Gasteiger partial charge in [-0.1, -0.05) is 43.9 Å². The number of para-hydroxylation sites is 1. The molecule has 0 bridgehead atoms. The number of sulfonamides is 1. The van der Waals surface area contributed by atoms with Gasteiger partial charge in [-0.2, -0.15) is 0 Å². The van der Waals surface area contributed by atoms with E-state index < -0.39 is 22.0 Å². The second-order valence-electron chi connectivity index (χ2n) is 6.69. The van der Waals surface area contributed by atoms with Gasteiger partial charge in [0.2, 0.25) is 0 Å². The smallest absolute Gasteiger partial charge is 0.266 e. The number of pyridine rings is 1. The first kappa shape index (κ1) is 18.8. The molecule has 1 aliphatic rings. The van der Waals surface area contributed by atoms with Gasteiger partial charge >= 0.3 is 0 Å². The molecule has 1 atom stereocenters. The van der Waals surface area contributed by atoms with E-state index in [-0.39, 0.29) is 11.0 Å². The quantitative estimate of drug-likeness (QED) is 0.810. The number of ether oxygens (including phenoxy) is 1. The highest BCUT2D eigenvalue weighted by Crippen LogP contribution is 2.22. The van der Waals surface area contributed by atoms with E-state index in [0.717, 1.165) is 25.7 Å². The van der Waals surface area contributed by atoms with Gasteiger partial charge in [-0.05, 0) is 31.9 Å². The Morgan fingerprint density at radius 3 is 2.58 bits per heavy atom. The Balaban J connectivity index is 1.72. The molecule has 7 heteroatoms. The van der Waals surface area contributed by atoms with E-state index in [0.29, 0.717) is 10.9 Å². The molecule has 1 fully saturated rings. The number of rotatable bonds is 5. The third-order valence-electron chi connectivity index (χ3n) is 4.69. The van der Waals surface area contributed by atoms with E-state index in [1.165, 1.54) is 25.1 Å². The molecular weight excluding hydrogens is 352 g/mol. The summed E-state index contributed by atoms with van der Waals surface area (Å²) in [6.45, 7) is 1.59. The first-order chi connectivity index (χ1) is 12.5. The van der Waals surface area contributed by atoms with Crippen LogP contribution in [0.3, 0.4) is 0 Å². The Morgan fingerprint density at radius 1 is 1.15 bits per heavy atom. The molecule has 0 unspecified atom stereocenters. The van der Waals surface area contributed by atoms with E-state index in [4.69, 9.17) is 4.74 Å². The Labute approximate surface area is 154 Å². The molecule has 1 N–H and O–H groups in total. The van der Waals surface area contributed by atoms with Gasteiger partial charge in [0.1, 0.15) is 11.0 Å². The van der Waals surface area contributed by atoms with Crippen LogP contribution >= 0.6 is 0 Å². The van der Waals surface area contributed by atoms with Crippen LogP contribution in [0.15, 0.2) is 41.4 Å². The highest BCUT2D eigenvalue weighted by atomic mass is 32.2. The van der Waals surface area contributed by atoms with Crippen molar-refractivity contribution in [2.45, 2.75) is 62.6 Å². The molecule has 6 nitrogen and oxygen atoms in total. The van der Waals surface area contributed by atoms with Crippen LogP contribution < -0.4 is 4.72 Å². The minimum Gasteiger partial charge on any atom is -0.365 e. The number of benzene rings is 1. The number of aromatic nitrogens is 1. The summed E-state index contributed by atoms with van der Waals surface area (Å²) >= 11 is 0. The molecule has 1 amide bonds. The number of fused-ring (bicyclic) bond motifs is 1. The lowest BCUT2D eigenvalue weighted by Crippen LogP contribution is -2.40. The second kappa shape index (κ2) is 8.14. The fraction of sp³-hybridized carbons (Fsp3) is 0.474. The highest BCUT2D eigenvalue weighted by Gasteiger charge is 2.26. The van der Waals surface area contributed by atoms with Gasteiger partial charge in [-0.15, -0.1) is 0 Å². The summed E-state index contributed by atoms with van der Waals surface area (Å²) < 4.78 is 33.3. The third-order valence-corrected chi connectivity index (χ3v) is 6.07. The van der Waals surface area contributed by atoms with Crippen LogP contribution in [0.2, 0.25) is 0 Å². The SMILES string of the molecule is C[C@@H](OC1CCCCCC1)C(=O)NS(=O)(=O)c1cccc2cccnc12. The van der Waals surface area contributed by atoms with Crippen molar-refractivity contribution in [2.24, 2.45) is 0 Å². The number of amides is 1. The van der Waals surface area contributed by atoms with Crippen molar-refractivity contribution in [1.82, 2.24) is 9.71 Å². The standard InChI is InChI=1S/C19H24N2O4S/c1-14(25-16-10-4-2-3-5-11-16)19(22)21-26(23,24)17-12-6-8-15-9-7-13-20-18(15)17/h6-9,12-14,16H,2-5,10-11H2,1H3,(H,21,22)/t14-/m1/s1. The molecule has 1 aliphatic carbocycles. The lowest BCUT2D eigenvalue weighted by Gasteiger charge is -2.20. The molecule has 1 heterocycles. The summed E-state index contributed by atoms with van der Waals surface area (Å²) in [6, 6.07) is 8.37. The predicted octanol–water partition coefficient (Wildman–Crippen LogP) is 3.17. The molecule has 1 saturated carbocycles. The summed E-state index contributed by atoms with van der Waals surface area (Å²) in [6.07, 6.45) is 7.08. The largest absolute Gasteiger partial charge is 0.365 e. The Bertz CT molecular complexity index is 869. The molecule has 0 spiro atoms. The maximum atomic E-state index is 12.7.